The van der Waals surface area contributed by atoms with Crippen LogP contribution in [-0.4, -0.2) is 11.1 Å². The van der Waals surface area contributed by atoms with E-state index in [1.807, 2.05) is 48.5 Å². The standard InChI is InChI=1S/C14H9BrN2OS2/c15-12-7-6-10(19-12)8-11-13(18)17-14(20-11)16-9-4-2-1-3-5-9/h1-8H,(H,16,17,18)/b11-8-. The minimum atomic E-state index is -0.103. The molecule has 1 aliphatic rings. The van der Waals surface area contributed by atoms with E-state index in [2.05, 4.69) is 26.2 Å². The molecule has 20 heavy (non-hydrogen) atoms. The van der Waals surface area contributed by atoms with Crippen LogP contribution in [0.15, 0.2) is 56.1 Å². The lowest BCUT2D eigenvalue weighted by Gasteiger charge is -1.94. The average molecular weight is 365 g/mol. The molecule has 2 heterocycles. The van der Waals surface area contributed by atoms with E-state index in [9.17, 15) is 4.79 Å². The number of aliphatic imine (C=N–C) groups is 1. The summed E-state index contributed by atoms with van der Waals surface area (Å²) in [6.07, 6.45) is 1.88. The van der Waals surface area contributed by atoms with Gasteiger partial charge in [0.05, 0.1) is 14.4 Å². The highest BCUT2D eigenvalue weighted by atomic mass is 79.9. The van der Waals surface area contributed by atoms with Crippen LogP contribution in [0.4, 0.5) is 5.69 Å². The second kappa shape index (κ2) is 5.95. The van der Waals surface area contributed by atoms with E-state index in [1.165, 1.54) is 11.8 Å². The molecule has 3 nitrogen and oxygen atoms in total. The normalized spacial score (nSPS) is 18.8. The number of hydrogen-bond acceptors (Lipinski definition) is 4. The van der Waals surface area contributed by atoms with Gasteiger partial charge in [0.25, 0.3) is 5.91 Å². The molecule has 0 atom stereocenters. The Kier molecular flexibility index (Phi) is 4.05. The highest BCUT2D eigenvalue weighted by Gasteiger charge is 2.23. The van der Waals surface area contributed by atoms with Crippen molar-refractivity contribution in [3.05, 3.63) is 56.0 Å². The van der Waals surface area contributed by atoms with E-state index in [0.29, 0.717) is 10.1 Å². The molecule has 6 heteroatoms. The van der Waals surface area contributed by atoms with Gasteiger partial charge in [0.2, 0.25) is 0 Å². The number of carbonyl (C=O) groups excluding carboxylic acids is 1. The zero-order valence-corrected chi connectivity index (χ0v) is 13.4. The maximum atomic E-state index is 11.9. The summed E-state index contributed by atoms with van der Waals surface area (Å²) in [4.78, 5) is 18.0. The van der Waals surface area contributed by atoms with Crippen molar-refractivity contribution in [3.8, 4) is 0 Å². The molecule has 0 radical (unpaired) electrons. The number of nitrogens with one attached hydrogen (secondary N) is 1. The second-order valence-corrected chi connectivity index (χ2v) is 7.48. The second-order valence-electron chi connectivity index (χ2n) is 3.96. The fourth-order valence-corrected chi connectivity index (χ4v) is 3.91. The first-order valence-corrected chi connectivity index (χ1v) is 8.23. The SMILES string of the molecule is O=C1NC(=Nc2ccccc2)S/C1=C\c1ccc(Br)s1. The number of rotatable bonds is 2. The van der Waals surface area contributed by atoms with E-state index in [-0.39, 0.29) is 5.91 Å². The summed E-state index contributed by atoms with van der Waals surface area (Å²) < 4.78 is 1.05. The van der Waals surface area contributed by atoms with E-state index < -0.39 is 0 Å². The van der Waals surface area contributed by atoms with Gasteiger partial charge in [-0.1, -0.05) is 18.2 Å². The molecule has 1 N–H and O–H groups in total. The molecule has 1 aromatic carbocycles. The van der Waals surface area contributed by atoms with Crippen molar-refractivity contribution in [1.29, 1.82) is 0 Å². The molecule has 1 saturated heterocycles. The number of amidine groups is 1. The predicted molar refractivity (Wildman–Crippen MR) is 89.3 cm³/mol. The third-order valence-electron chi connectivity index (χ3n) is 2.51. The largest absolute Gasteiger partial charge is 0.300 e. The van der Waals surface area contributed by atoms with Crippen molar-refractivity contribution in [2.24, 2.45) is 4.99 Å². The Morgan fingerprint density at radius 3 is 2.65 bits per heavy atom. The van der Waals surface area contributed by atoms with Crippen LogP contribution in [0.1, 0.15) is 4.88 Å². The van der Waals surface area contributed by atoms with Gasteiger partial charge < -0.3 is 5.32 Å². The highest BCUT2D eigenvalue weighted by Crippen LogP contribution is 2.31. The third-order valence-corrected chi connectivity index (χ3v) is 4.99. The van der Waals surface area contributed by atoms with E-state index in [4.69, 9.17) is 0 Å². The summed E-state index contributed by atoms with van der Waals surface area (Å²) in [5.41, 5.74) is 0.829. The van der Waals surface area contributed by atoms with E-state index in [1.54, 1.807) is 11.3 Å². The minimum absolute atomic E-state index is 0.103. The number of carbonyl (C=O) groups is 1. The van der Waals surface area contributed by atoms with Crippen LogP contribution < -0.4 is 5.32 Å². The van der Waals surface area contributed by atoms with E-state index >= 15 is 0 Å². The molecule has 0 unspecified atom stereocenters. The van der Waals surface area contributed by atoms with Gasteiger partial charge in [-0.25, -0.2) is 4.99 Å². The molecule has 1 fully saturated rings. The maximum Gasteiger partial charge on any atom is 0.264 e. The summed E-state index contributed by atoms with van der Waals surface area (Å²) in [7, 11) is 0. The van der Waals surface area contributed by atoms with Crippen LogP contribution in [0, 0.1) is 0 Å². The summed E-state index contributed by atoms with van der Waals surface area (Å²) in [5, 5.41) is 3.39. The molecule has 3 rings (SSSR count). The molecule has 100 valence electrons. The van der Waals surface area contributed by atoms with Crippen LogP contribution in [0.3, 0.4) is 0 Å². The molecule has 0 spiro atoms. The number of benzene rings is 1. The fourth-order valence-electron chi connectivity index (χ4n) is 1.64. The number of para-hydroxylation sites is 1. The van der Waals surface area contributed by atoms with Gasteiger partial charge in [0, 0.05) is 4.88 Å². The highest BCUT2D eigenvalue weighted by molar-refractivity contribution is 9.11. The van der Waals surface area contributed by atoms with Crippen LogP contribution in [0.5, 0.6) is 0 Å². The topological polar surface area (TPSA) is 41.5 Å². The predicted octanol–water partition coefficient (Wildman–Crippen LogP) is 4.40. The Labute approximate surface area is 132 Å². The molecule has 2 aromatic rings. The number of nitrogens with zero attached hydrogens (tertiary/aromatic N) is 1. The van der Waals surface area contributed by atoms with Gasteiger partial charge in [-0.05, 0) is 58.0 Å². The summed E-state index contributed by atoms with van der Waals surface area (Å²) in [5.74, 6) is -0.103. The maximum absolute atomic E-state index is 11.9. The molecular weight excluding hydrogens is 356 g/mol. The van der Waals surface area contributed by atoms with Crippen molar-refractivity contribution in [2.75, 3.05) is 0 Å². The van der Waals surface area contributed by atoms with Crippen LogP contribution >= 0.6 is 39.0 Å². The van der Waals surface area contributed by atoms with Crippen molar-refractivity contribution >= 4 is 61.9 Å². The first kappa shape index (κ1) is 13.6. The van der Waals surface area contributed by atoms with Gasteiger partial charge >= 0.3 is 0 Å². The number of hydrogen-bond donors (Lipinski definition) is 1. The van der Waals surface area contributed by atoms with Gasteiger partial charge in [0.15, 0.2) is 5.17 Å². The smallest absolute Gasteiger partial charge is 0.264 e. The summed E-state index contributed by atoms with van der Waals surface area (Å²) in [6.45, 7) is 0. The molecule has 1 amide bonds. The van der Waals surface area contributed by atoms with Crippen LogP contribution in [-0.2, 0) is 4.79 Å². The lowest BCUT2D eigenvalue weighted by Crippen LogP contribution is -2.19. The van der Waals surface area contributed by atoms with Gasteiger partial charge in [-0.15, -0.1) is 11.3 Å². The molecule has 0 saturated carbocycles. The quantitative estimate of drug-likeness (QED) is 0.802. The lowest BCUT2D eigenvalue weighted by molar-refractivity contribution is -0.115. The molecule has 0 aliphatic carbocycles. The molecule has 1 aromatic heterocycles. The van der Waals surface area contributed by atoms with Gasteiger partial charge in [-0.2, -0.15) is 0 Å². The average Bonchev–Trinajstić information content (AvgIpc) is 2.98. The number of amides is 1. The summed E-state index contributed by atoms with van der Waals surface area (Å²) >= 11 is 6.36. The minimum Gasteiger partial charge on any atom is -0.300 e. The Balaban J connectivity index is 1.82. The number of thioether (sulfide) groups is 1. The van der Waals surface area contributed by atoms with Crippen molar-refractivity contribution in [1.82, 2.24) is 5.32 Å². The summed E-state index contributed by atoms with van der Waals surface area (Å²) in [6, 6.07) is 13.5. The Bertz CT molecular complexity index is 707. The first-order chi connectivity index (χ1) is 9.70. The van der Waals surface area contributed by atoms with Crippen LogP contribution in [0.25, 0.3) is 6.08 Å². The Morgan fingerprint density at radius 1 is 1.15 bits per heavy atom. The first-order valence-electron chi connectivity index (χ1n) is 5.81. The van der Waals surface area contributed by atoms with Crippen molar-refractivity contribution in [3.63, 3.8) is 0 Å². The molecular formula is C14H9BrN2OS2. The Morgan fingerprint density at radius 2 is 1.95 bits per heavy atom. The fraction of sp³-hybridized carbons (Fsp3) is 0. The number of halogens is 1. The lowest BCUT2D eigenvalue weighted by atomic mass is 10.3. The van der Waals surface area contributed by atoms with Crippen molar-refractivity contribution in [2.45, 2.75) is 0 Å². The molecule has 1 aliphatic heterocycles. The van der Waals surface area contributed by atoms with Gasteiger partial charge in [0.1, 0.15) is 0 Å². The van der Waals surface area contributed by atoms with Crippen LogP contribution in [0.2, 0.25) is 0 Å². The molecule has 0 bridgehead atoms. The zero-order valence-electron chi connectivity index (χ0n) is 10.2. The zero-order chi connectivity index (χ0) is 13.9. The number of thiophene rings is 1. The monoisotopic (exact) mass is 364 g/mol. The Hall–Kier alpha value is -1.37. The van der Waals surface area contributed by atoms with E-state index in [0.717, 1.165) is 14.4 Å². The van der Waals surface area contributed by atoms with Gasteiger partial charge in [-0.3, -0.25) is 4.79 Å². The third kappa shape index (κ3) is 3.20. The van der Waals surface area contributed by atoms with Crippen molar-refractivity contribution < 1.29 is 4.79 Å².